The van der Waals surface area contributed by atoms with Gasteiger partial charge in [0, 0.05) is 24.6 Å². The molecule has 0 amide bonds. The first-order chi connectivity index (χ1) is 8.60. The molecule has 1 saturated carbocycles. The lowest BCUT2D eigenvalue weighted by Gasteiger charge is -2.53. The third kappa shape index (κ3) is 2.04. The quantitative estimate of drug-likeness (QED) is 0.690. The second-order valence-corrected chi connectivity index (χ2v) is 6.49. The SMILES string of the molecule is Fc1cc(N2CC3(CCCCC3)C2)c(F)cc1Br. The molecule has 18 heavy (non-hydrogen) atoms. The third-order valence-corrected chi connectivity index (χ3v) is 4.90. The summed E-state index contributed by atoms with van der Waals surface area (Å²) < 4.78 is 27.5. The van der Waals surface area contributed by atoms with Crippen molar-refractivity contribution in [3.63, 3.8) is 0 Å². The number of halogens is 3. The minimum Gasteiger partial charge on any atom is -0.368 e. The summed E-state index contributed by atoms with van der Waals surface area (Å²) in [7, 11) is 0. The Hall–Kier alpha value is -0.640. The van der Waals surface area contributed by atoms with Gasteiger partial charge in [-0.2, -0.15) is 0 Å². The molecule has 1 aromatic rings. The van der Waals surface area contributed by atoms with E-state index in [-0.39, 0.29) is 10.3 Å². The summed E-state index contributed by atoms with van der Waals surface area (Å²) in [5.41, 5.74) is 0.792. The van der Waals surface area contributed by atoms with Gasteiger partial charge < -0.3 is 4.90 Å². The van der Waals surface area contributed by atoms with Crippen molar-refractivity contribution < 1.29 is 8.78 Å². The van der Waals surface area contributed by atoms with Crippen molar-refractivity contribution in [3.05, 3.63) is 28.2 Å². The summed E-state index contributed by atoms with van der Waals surface area (Å²) in [6, 6.07) is 2.52. The predicted molar refractivity (Wildman–Crippen MR) is 71.8 cm³/mol. The van der Waals surface area contributed by atoms with Gasteiger partial charge in [-0.15, -0.1) is 0 Å². The second-order valence-electron chi connectivity index (χ2n) is 5.63. The van der Waals surface area contributed by atoms with Crippen LogP contribution in [0.2, 0.25) is 0 Å². The van der Waals surface area contributed by atoms with Gasteiger partial charge >= 0.3 is 0 Å². The monoisotopic (exact) mass is 315 g/mol. The van der Waals surface area contributed by atoms with Crippen molar-refractivity contribution in [3.8, 4) is 0 Å². The zero-order valence-electron chi connectivity index (χ0n) is 10.2. The summed E-state index contributed by atoms with van der Waals surface area (Å²) in [4.78, 5) is 1.97. The van der Waals surface area contributed by atoms with Gasteiger partial charge in [0.1, 0.15) is 11.6 Å². The highest BCUT2D eigenvalue weighted by molar-refractivity contribution is 9.10. The van der Waals surface area contributed by atoms with Crippen LogP contribution in [0.25, 0.3) is 0 Å². The van der Waals surface area contributed by atoms with Crippen LogP contribution in [0.4, 0.5) is 14.5 Å². The van der Waals surface area contributed by atoms with Gasteiger partial charge in [0.15, 0.2) is 0 Å². The molecule has 4 heteroatoms. The van der Waals surface area contributed by atoms with E-state index >= 15 is 0 Å². The van der Waals surface area contributed by atoms with E-state index in [0.717, 1.165) is 13.1 Å². The van der Waals surface area contributed by atoms with Crippen LogP contribution in [0, 0.1) is 17.0 Å². The standard InChI is InChI=1S/C14H16BrF2N/c15-10-6-12(17)13(7-11(10)16)18-8-14(9-18)4-2-1-3-5-14/h6-7H,1-5,8-9H2. The average Bonchev–Trinajstić information content (AvgIpc) is 2.32. The van der Waals surface area contributed by atoms with E-state index in [1.807, 2.05) is 4.90 Å². The first-order valence-corrected chi connectivity index (χ1v) is 7.28. The fourth-order valence-corrected chi connectivity index (χ4v) is 3.62. The minimum absolute atomic E-state index is 0.191. The van der Waals surface area contributed by atoms with E-state index in [2.05, 4.69) is 15.9 Å². The molecule has 0 bridgehead atoms. The molecule has 0 unspecified atom stereocenters. The van der Waals surface area contributed by atoms with E-state index in [4.69, 9.17) is 0 Å². The van der Waals surface area contributed by atoms with Crippen LogP contribution in [-0.4, -0.2) is 13.1 Å². The topological polar surface area (TPSA) is 3.24 Å². The number of rotatable bonds is 1. The molecule has 1 saturated heterocycles. The fourth-order valence-electron chi connectivity index (χ4n) is 3.31. The number of benzene rings is 1. The van der Waals surface area contributed by atoms with Crippen LogP contribution >= 0.6 is 15.9 Å². The van der Waals surface area contributed by atoms with Crippen LogP contribution in [0.15, 0.2) is 16.6 Å². The van der Waals surface area contributed by atoms with Crippen LogP contribution in [-0.2, 0) is 0 Å². The summed E-state index contributed by atoms with van der Waals surface area (Å²) >= 11 is 3.01. The molecular weight excluding hydrogens is 300 g/mol. The van der Waals surface area contributed by atoms with Crippen molar-refractivity contribution in [1.82, 2.24) is 0 Å². The van der Waals surface area contributed by atoms with Gasteiger partial charge in [-0.3, -0.25) is 0 Å². The first-order valence-electron chi connectivity index (χ1n) is 6.49. The zero-order valence-corrected chi connectivity index (χ0v) is 11.8. The maximum Gasteiger partial charge on any atom is 0.147 e. The molecule has 0 N–H and O–H groups in total. The molecule has 2 aliphatic rings. The summed E-state index contributed by atoms with van der Waals surface area (Å²) in [6.07, 6.45) is 6.37. The van der Waals surface area contributed by atoms with Crippen LogP contribution < -0.4 is 4.90 Å². The molecule has 0 atom stereocenters. The Morgan fingerprint density at radius 3 is 2.33 bits per heavy atom. The van der Waals surface area contributed by atoms with Gasteiger partial charge in [0.05, 0.1) is 10.2 Å². The number of anilines is 1. The summed E-state index contributed by atoms with van der Waals surface area (Å²) in [5.74, 6) is -0.732. The van der Waals surface area contributed by atoms with Crippen molar-refractivity contribution in [1.29, 1.82) is 0 Å². The van der Waals surface area contributed by atoms with E-state index in [0.29, 0.717) is 11.1 Å². The molecule has 1 aromatic carbocycles. The van der Waals surface area contributed by atoms with Crippen molar-refractivity contribution in [2.45, 2.75) is 32.1 Å². The molecule has 2 fully saturated rings. The normalized spacial score (nSPS) is 22.1. The Labute approximate surface area is 114 Å². The Morgan fingerprint density at radius 1 is 1.00 bits per heavy atom. The predicted octanol–water partition coefficient (Wildman–Crippen LogP) is 4.50. The molecular formula is C14H16BrF2N. The highest BCUT2D eigenvalue weighted by Crippen LogP contribution is 2.46. The molecule has 1 nitrogen and oxygen atoms in total. The maximum atomic E-state index is 13.8. The fraction of sp³-hybridized carbons (Fsp3) is 0.571. The van der Waals surface area contributed by atoms with Crippen LogP contribution in [0.1, 0.15) is 32.1 Å². The van der Waals surface area contributed by atoms with Crippen LogP contribution in [0.3, 0.4) is 0 Å². The number of hydrogen-bond acceptors (Lipinski definition) is 1. The Balaban J connectivity index is 1.76. The van der Waals surface area contributed by atoms with Crippen molar-refractivity contribution >= 4 is 21.6 Å². The number of nitrogens with zero attached hydrogens (tertiary/aromatic N) is 1. The number of hydrogen-bond donors (Lipinski definition) is 0. The molecule has 3 rings (SSSR count). The van der Waals surface area contributed by atoms with E-state index in [9.17, 15) is 8.78 Å². The Bertz CT molecular complexity index is 461. The van der Waals surface area contributed by atoms with Gasteiger partial charge in [-0.25, -0.2) is 8.78 Å². The molecule has 0 aromatic heterocycles. The highest BCUT2D eigenvalue weighted by Gasteiger charge is 2.44. The first kappa shape index (κ1) is 12.4. The largest absolute Gasteiger partial charge is 0.368 e. The van der Waals surface area contributed by atoms with E-state index in [1.165, 1.54) is 44.2 Å². The summed E-state index contributed by atoms with van der Waals surface area (Å²) in [6.45, 7) is 1.76. The van der Waals surface area contributed by atoms with E-state index < -0.39 is 5.82 Å². The molecule has 1 aliphatic heterocycles. The van der Waals surface area contributed by atoms with Crippen molar-refractivity contribution in [2.75, 3.05) is 18.0 Å². The van der Waals surface area contributed by atoms with Gasteiger partial charge in [0.25, 0.3) is 0 Å². The average molecular weight is 316 g/mol. The van der Waals surface area contributed by atoms with Crippen molar-refractivity contribution in [2.24, 2.45) is 5.41 Å². The minimum atomic E-state index is -0.393. The third-order valence-electron chi connectivity index (χ3n) is 4.30. The van der Waals surface area contributed by atoms with E-state index in [1.54, 1.807) is 0 Å². The zero-order chi connectivity index (χ0) is 12.8. The summed E-state index contributed by atoms with van der Waals surface area (Å²) in [5, 5.41) is 0. The van der Waals surface area contributed by atoms with Gasteiger partial charge in [0.2, 0.25) is 0 Å². The maximum absolute atomic E-state index is 13.8. The Kier molecular flexibility index (Phi) is 3.08. The molecule has 98 valence electrons. The van der Waals surface area contributed by atoms with Crippen LogP contribution in [0.5, 0.6) is 0 Å². The van der Waals surface area contributed by atoms with Gasteiger partial charge in [-0.05, 0) is 34.8 Å². The lowest BCUT2D eigenvalue weighted by Crippen LogP contribution is -2.57. The molecule has 1 spiro atoms. The highest BCUT2D eigenvalue weighted by atomic mass is 79.9. The van der Waals surface area contributed by atoms with Gasteiger partial charge in [-0.1, -0.05) is 19.3 Å². The second kappa shape index (κ2) is 4.48. The Morgan fingerprint density at radius 2 is 1.67 bits per heavy atom. The lowest BCUT2D eigenvalue weighted by atomic mass is 9.68. The lowest BCUT2D eigenvalue weighted by molar-refractivity contribution is 0.138. The molecule has 0 radical (unpaired) electrons. The molecule has 1 heterocycles. The smallest absolute Gasteiger partial charge is 0.147 e. The molecule has 1 aliphatic carbocycles.